The third kappa shape index (κ3) is 1.91. The van der Waals surface area contributed by atoms with Crippen LogP contribution in [0.15, 0.2) is 58.8 Å². The first-order valence-corrected chi connectivity index (χ1v) is 8.11. The lowest BCUT2D eigenvalue weighted by molar-refractivity contribution is 0.366. The first-order valence-electron chi connectivity index (χ1n) is 7.32. The van der Waals surface area contributed by atoms with Crippen LogP contribution < -0.4 is 4.90 Å². The highest BCUT2D eigenvalue weighted by molar-refractivity contribution is 9.10. The van der Waals surface area contributed by atoms with E-state index in [2.05, 4.69) is 22.0 Å². The highest BCUT2D eigenvalue weighted by Crippen LogP contribution is 2.41. The Kier molecular flexibility index (Phi) is 3.08. The van der Waals surface area contributed by atoms with Crippen LogP contribution in [0.3, 0.4) is 0 Å². The Hall–Kier alpha value is -2.07. The molecule has 22 heavy (non-hydrogen) atoms. The molecule has 1 atom stereocenters. The molecular formula is C18H15BrN2O. The molecule has 2 N–H and O–H groups in total. The van der Waals surface area contributed by atoms with E-state index in [1.807, 2.05) is 47.4 Å². The van der Waals surface area contributed by atoms with Crippen molar-refractivity contribution in [1.29, 1.82) is 5.41 Å². The number of nitrogens with one attached hydrogen (secondary N) is 1. The van der Waals surface area contributed by atoms with Crippen LogP contribution >= 0.6 is 15.9 Å². The SMILES string of the molecule is N=C1C(c2ccc(Br)cc2)=C(O)[C@@H]2CCc3ccccc3N12. The minimum atomic E-state index is -0.110. The summed E-state index contributed by atoms with van der Waals surface area (Å²) >= 11 is 3.42. The van der Waals surface area contributed by atoms with Crippen molar-refractivity contribution in [1.82, 2.24) is 0 Å². The zero-order chi connectivity index (χ0) is 15.3. The maximum Gasteiger partial charge on any atom is 0.137 e. The quantitative estimate of drug-likeness (QED) is 0.790. The van der Waals surface area contributed by atoms with Crippen molar-refractivity contribution < 1.29 is 5.11 Å². The molecule has 2 aromatic carbocycles. The van der Waals surface area contributed by atoms with E-state index < -0.39 is 0 Å². The Labute approximate surface area is 137 Å². The van der Waals surface area contributed by atoms with Crippen LogP contribution in [0.1, 0.15) is 17.5 Å². The average molecular weight is 355 g/mol. The van der Waals surface area contributed by atoms with Crippen LogP contribution in [0, 0.1) is 5.41 Å². The molecule has 0 bridgehead atoms. The van der Waals surface area contributed by atoms with E-state index in [-0.39, 0.29) is 6.04 Å². The number of amidine groups is 1. The standard InChI is InChI=1S/C18H15BrN2O/c19-13-8-5-12(6-9-13)16-17(22)15-10-7-11-3-1-2-4-14(11)21(15)18(16)20/h1-6,8-9,15,20,22H,7,10H2/t15-/m0/s1. The molecule has 0 spiro atoms. The molecule has 2 aliphatic rings. The predicted molar refractivity (Wildman–Crippen MR) is 92.4 cm³/mol. The molecule has 0 amide bonds. The predicted octanol–water partition coefficient (Wildman–Crippen LogP) is 4.53. The number of rotatable bonds is 1. The topological polar surface area (TPSA) is 47.3 Å². The number of aliphatic hydroxyl groups excluding tert-OH is 1. The summed E-state index contributed by atoms with van der Waals surface area (Å²) in [4.78, 5) is 1.96. The van der Waals surface area contributed by atoms with Gasteiger partial charge in [0.1, 0.15) is 11.6 Å². The Balaban J connectivity index is 1.82. The number of aryl methyl sites for hydroxylation is 1. The van der Waals surface area contributed by atoms with Crippen LogP contribution in [-0.2, 0) is 6.42 Å². The summed E-state index contributed by atoms with van der Waals surface area (Å²) in [5, 5.41) is 19.3. The van der Waals surface area contributed by atoms with Gasteiger partial charge in [0.25, 0.3) is 0 Å². The van der Waals surface area contributed by atoms with Crippen LogP contribution in [0.2, 0.25) is 0 Å². The maximum atomic E-state index is 10.7. The van der Waals surface area contributed by atoms with Crippen molar-refractivity contribution >= 4 is 33.0 Å². The number of halogens is 1. The second-order valence-electron chi connectivity index (χ2n) is 5.67. The average Bonchev–Trinajstić information content (AvgIpc) is 2.80. The van der Waals surface area contributed by atoms with E-state index in [1.54, 1.807) is 0 Å². The van der Waals surface area contributed by atoms with Gasteiger partial charge in [-0.15, -0.1) is 0 Å². The van der Waals surface area contributed by atoms with Gasteiger partial charge in [-0.05, 0) is 42.2 Å². The lowest BCUT2D eigenvalue weighted by Gasteiger charge is -2.33. The summed E-state index contributed by atoms with van der Waals surface area (Å²) in [6.45, 7) is 0. The molecule has 2 aliphatic heterocycles. The number of nitrogens with zero attached hydrogens (tertiary/aromatic N) is 1. The third-order valence-corrected chi connectivity index (χ3v) is 4.96. The number of para-hydroxylation sites is 1. The molecule has 2 heterocycles. The Bertz CT molecular complexity index is 795. The van der Waals surface area contributed by atoms with Crippen molar-refractivity contribution in [2.75, 3.05) is 4.90 Å². The summed E-state index contributed by atoms with van der Waals surface area (Å²) in [6.07, 6.45) is 1.77. The molecule has 2 aromatic rings. The van der Waals surface area contributed by atoms with Gasteiger partial charge in [0, 0.05) is 10.2 Å². The summed E-state index contributed by atoms with van der Waals surface area (Å²) in [7, 11) is 0. The lowest BCUT2D eigenvalue weighted by atomic mass is 9.96. The smallest absolute Gasteiger partial charge is 0.137 e. The first kappa shape index (κ1) is 13.6. The van der Waals surface area contributed by atoms with Gasteiger partial charge in [-0.3, -0.25) is 5.41 Å². The number of fused-ring (bicyclic) bond motifs is 3. The number of hydrogen-bond acceptors (Lipinski definition) is 2. The molecule has 0 unspecified atom stereocenters. The van der Waals surface area contributed by atoms with E-state index >= 15 is 0 Å². The van der Waals surface area contributed by atoms with E-state index in [4.69, 9.17) is 5.41 Å². The minimum Gasteiger partial charge on any atom is -0.509 e. The van der Waals surface area contributed by atoms with Gasteiger partial charge in [0.2, 0.25) is 0 Å². The highest BCUT2D eigenvalue weighted by atomic mass is 79.9. The van der Waals surface area contributed by atoms with Crippen molar-refractivity contribution in [2.45, 2.75) is 18.9 Å². The van der Waals surface area contributed by atoms with Gasteiger partial charge in [-0.2, -0.15) is 0 Å². The van der Waals surface area contributed by atoms with Gasteiger partial charge in [0.15, 0.2) is 0 Å². The molecule has 4 heteroatoms. The Morgan fingerprint density at radius 1 is 1.09 bits per heavy atom. The van der Waals surface area contributed by atoms with Gasteiger partial charge in [0.05, 0.1) is 11.6 Å². The summed E-state index contributed by atoms with van der Waals surface area (Å²) in [6, 6.07) is 15.8. The largest absolute Gasteiger partial charge is 0.509 e. The van der Waals surface area contributed by atoms with E-state index in [1.165, 1.54) is 5.56 Å². The lowest BCUT2D eigenvalue weighted by Crippen LogP contribution is -2.39. The monoisotopic (exact) mass is 354 g/mol. The fourth-order valence-corrected chi connectivity index (χ4v) is 3.66. The van der Waals surface area contributed by atoms with Gasteiger partial charge in [-0.25, -0.2) is 0 Å². The molecule has 110 valence electrons. The molecule has 0 fully saturated rings. The zero-order valence-electron chi connectivity index (χ0n) is 11.9. The zero-order valence-corrected chi connectivity index (χ0v) is 13.5. The van der Waals surface area contributed by atoms with E-state index in [9.17, 15) is 5.11 Å². The highest BCUT2D eigenvalue weighted by Gasteiger charge is 2.41. The molecule has 4 rings (SSSR count). The van der Waals surface area contributed by atoms with Crippen molar-refractivity contribution in [2.24, 2.45) is 0 Å². The van der Waals surface area contributed by atoms with Crippen LogP contribution in [0.25, 0.3) is 5.57 Å². The van der Waals surface area contributed by atoms with Crippen LogP contribution in [-0.4, -0.2) is 17.0 Å². The fourth-order valence-electron chi connectivity index (χ4n) is 3.39. The van der Waals surface area contributed by atoms with E-state index in [0.717, 1.165) is 28.6 Å². The normalized spacial score (nSPS) is 20.1. The Morgan fingerprint density at radius 3 is 2.59 bits per heavy atom. The molecule has 0 saturated heterocycles. The van der Waals surface area contributed by atoms with Crippen molar-refractivity contribution in [3.8, 4) is 0 Å². The number of anilines is 1. The molecule has 0 radical (unpaired) electrons. The Morgan fingerprint density at radius 2 is 1.82 bits per heavy atom. The summed E-state index contributed by atoms with van der Waals surface area (Å²) < 4.78 is 0.990. The van der Waals surface area contributed by atoms with E-state index in [0.29, 0.717) is 17.2 Å². The molecular weight excluding hydrogens is 340 g/mol. The molecule has 3 nitrogen and oxygen atoms in total. The van der Waals surface area contributed by atoms with Gasteiger partial charge in [-0.1, -0.05) is 46.3 Å². The molecule has 0 aromatic heterocycles. The van der Waals surface area contributed by atoms with Crippen LogP contribution in [0.4, 0.5) is 5.69 Å². The van der Waals surface area contributed by atoms with Gasteiger partial charge >= 0.3 is 0 Å². The third-order valence-electron chi connectivity index (χ3n) is 4.43. The maximum absolute atomic E-state index is 10.7. The molecule has 0 aliphatic carbocycles. The second kappa shape index (κ2) is 4.99. The van der Waals surface area contributed by atoms with Gasteiger partial charge < -0.3 is 10.0 Å². The molecule has 0 saturated carbocycles. The fraction of sp³-hybridized carbons (Fsp3) is 0.167. The van der Waals surface area contributed by atoms with Crippen molar-refractivity contribution in [3.63, 3.8) is 0 Å². The first-order chi connectivity index (χ1) is 10.7. The minimum absolute atomic E-state index is 0.110. The summed E-state index contributed by atoms with van der Waals surface area (Å²) in [5.74, 6) is 0.707. The summed E-state index contributed by atoms with van der Waals surface area (Å²) in [5.41, 5.74) is 3.82. The second-order valence-corrected chi connectivity index (χ2v) is 6.58. The number of aliphatic hydroxyl groups is 1. The number of hydrogen-bond donors (Lipinski definition) is 2. The van der Waals surface area contributed by atoms with Crippen LogP contribution in [0.5, 0.6) is 0 Å². The van der Waals surface area contributed by atoms with Crippen molar-refractivity contribution in [3.05, 3.63) is 69.9 Å². The number of benzene rings is 2.